The summed E-state index contributed by atoms with van der Waals surface area (Å²) in [4.78, 5) is 41.9. The lowest BCUT2D eigenvalue weighted by Gasteiger charge is -2.27. The van der Waals surface area contributed by atoms with E-state index in [4.69, 9.17) is 0 Å². The van der Waals surface area contributed by atoms with Crippen LogP contribution in [-0.2, 0) is 9.59 Å². The molecule has 0 bridgehead atoms. The largest absolute Gasteiger partial charge is 0.480 e. The topological polar surface area (TPSA) is 103 Å². The molecule has 0 spiro atoms. The Kier molecular flexibility index (Phi) is 6.49. The number of hydrogen-bond acceptors (Lipinski definition) is 5. The van der Waals surface area contributed by atoms with Gasteiger partial charge in [-0.3, -0.25) is 9.59 Å². The van der Waals surface area contributed by atoms with Gasteiger partial charge in [0.2, 0.25) is 5.91 Å². The summed E-state index contributed by atoms with van der Waals surface area (Å²) in [6, 6.07) is 2.13. The van der Waals surface area contributed by atoms with Crippen LogP contribution in [0, 0.1) is 0 Å². The number of nitrogens with one attached hydrogen (secondary N) is 1. The number of amides is 2. The fourth-order valence-electron chi connectivity index (χ4n) is 1.92. The second kappa shape index (κ2) is 8.11. The van der Waals surface area contributed by atoms with Crippen molar-refractivity contribution in [3.05, 3.63) is 23.9 Å². The van der Waals surface area contributed by atoms with Gasteiger partial charge < -0.3 is 20.2 Å². The van der Waals surface area contributed by atoms with Gasteiger partial charge >= 0.3 is 5.97 Å². The van der Waals surface area contributed by atoms with Gasteiger partial charge in [0, 0.05) is 45.9 Å². The number of aliphatic carboxylic acids is 1. The van der Waals surface area contributed by atoms with Gasteiger partial charge in [0.05, 0.1) is 0 Å². The van der Waals surface area contributed by atoms with Crippen LogP contribution in [0.5, 0.6) is 0 Å². The predicted octanol–water partition coefficient (Wildman–Crippen LogP) is 0.199. The molecule has 1 aromatic heterocycles. The van der Waals surface area contributed by atoms with Crippen LogP contribution in [0.1, 0.15) is 24.2 Å². The van der Waals surface area contributed by atoms with Gasteiger partial charge in [0.15, 0.2) is 0 Å². The van der Waals surface area contributed by atoms with E-state index in [9.17, 15) is 19.5 Å². The van der Waals surface area contributed by atoms with Gasteiger partial charge in [0.25, 0.3) is 5.91 Å². The van der Waals surface area contributed by atoms with Crippen LogP contribution >= 0.6 is 0 Å². The van der Waals surface area contributed by atoms with Gasteiger partial charge in [-0.15, -0.1) is 0 Å². The van der Waals surface area contributed by atoms with Crippen molar-refractivity contribution in [1.29, 1.82) is 0 Å². The van der Waals surface area contributed by atoms with Crippen molar-refractivity contribution in [1.82, 2.24) is 15.2 Å². The Bertz CT molecular complexity index is 589. The van der Waals surface area contributed by atoms with E-state index >= 15 is 0 Å². The summed E-state index contributed by atoms with van der Waals surface area (Å²) < 4.78 is 0. The number of carbonyl (C=O) groups is 3. The number of anilines is 1. The van der Waals surface area contributed by atoms with Crippen molar-refractivity contribution in [2.75, 3.05) is 32.1 Å². The highest BCUT2D eigenvalue weighted by atomic mass is 16.4. The zero-order valence-corrected chi connectivity index (χ0v) is 13.7. The second-order valence-electron chi connectivity index (χ2n) is 5.29. The van der Waals surface area contributed by atoms with E-state index in [1.54, 1.807) is 25.1 Å². The summed E-state index contributed by atoms with van der Waals surface area (Å²) in [6.07, 6.45) is 1.50. The monoisotopic (exact) mass is 322 g/mol. The summed E-state index contributed by atoms with van der Waals surface area (Å²) in [7, 11) is 3.59. The highest BCUT2D eigenvalue weighted by molar-refractivity contribution is 5.97. The Morgan fingerprint density at radius 3 is 2.52 bits per heavy atom. The van der Waals surface area contributed by atoms with Crippen molar-refractivity contribution in [3.8, 4) is 0 Å². The number of carboxylic acid groups (broad SMARTS) is 1. The molecule has 0 aliphatic carbocycles. The zero-order valence-electron chi connectivity index (χ0n) is 13.7. The maximum atomic E-state index is 12.6. The van der Waals surface area contributed by atoms with Crippen molar-refractivity contribution >= 4 is 23.6 Å². The number of aromatic nitrogens is 1. The molecule has 1 aromatic rings. The van der Waals surface area contributed by atoms with E-state index in [1.165, 1.54) is 31.0 Å². The molecule has 1 unspecified atom stereocenters. The molecule has 0 aliphatic heterocycles. The van der Waals surface area contributed by atoms with E-state index in [0.29, 0.717) is 11.4 Å². The SMILES string of the molecule is CC(=O)NCCN(C(=O)c1ccnc(N(C)C)c1)C(C)C(=O)O. The van der Waals surface area contributed by atoms with Crippen LogP contribution in [0.3, 0.4) is 0 Å². The van der Waals surface area contributed by atoms with Crippen LogP contribution in [0.25, 0.3) is 0 Å². The first-order valence-corrected chi connectivity index (χ1v) is 7.15. The minimum absolute atomic E-state index is 0.103. The lowest BCUT2D eigenvalue weighted by atomic mass is 10.2. The van der Waals surface area contributed by atoms with Gasteiger partial charge in [-0.05, 0) is 19.1 Å². The number of pyridine rings is 1. The molecule has 0 aliphatic rings. The lowest BCUT2D eigenvalue weighted by Crippen LogP contribution is -2.46. The summed E-state index contributed by atoms with van der Waals surface area (Å²) in [6.45, 7) is 3.08. The smallest absolute Gasteiger partial charge is 0.326 e. The zero-order chi connectivity index (χ0) is 17.6. The second-order valence-corrected chi connectivity index (χ2v) is 5.29. The fourth-order valence-corrected chi connectivity index (χ4v) is 1.92. The van der Waals surface area contributed by atoms with E-state index in [2.05, 4.69) is 10.3 Å². The number of nitrogens with zero attached hydrogens (tertiary/aromatic N) is 3. The van der Waals surface area contributed by atoms with Crippen LogP contribution in [0.4, 0.5) is 5.82 Å². The fraction of sp³-hybridized carbons (Fsp3) is 0.467. The highest BCUT2D eigenvalue weighted by Crippen LogP contribution is 2.13. The first-order valence-electron chi connectivity index (χ1n) is 7.15. The number of hydrogen-bond donors (Lipinski definition) is 2. The van der Waals surface area contributed by atoms with Gasteiger partial charge in [-0.25, -0.2) is 9.78 Å². The van der Waals surface area contributed by atoms with Crippen molar-refractivity contribution in [3.63, 3.8) is 0 Å². The molecule has 0 saturated carbocycles. The third-order valence-electron chi connectivity index (χ3n) is 3.26. The summed E-state index contributed by atoms with van der Waals surface area (Å²) in [5.41, 5.74) is 0.347. The molecule has 0 aromatic carbocycles. The highest BCUT2D eigenvalue weighted by Gasteiger charge is 2.26. The molecule has 0 radical (unpaired) electrons. The first kappa shape index (κ1) is 18.4. The quantitative estimate of drug-likeness (QED) is 0.743. The van der Waals surface area contributed by atoms with E-state index < -0.39 is 17.9 Å². The molecule has 126 valence electrons. The summed E-state index contributed by atoms with van der Waals surface area (Å²) >= 11 is 0. The molecule has 0 saturated heterocycles. The molecule has 8 nitrogen and oxygen atoms in total. The Labute approximate surface area is 135 Å². The molecule has 0 fully saturated rings. The molecule has 23 heavy (non-hydrogen) atoms. The minimum Gasteiger partial charge on any atom is -0.480 e. The number of carboxylic acids is 1. The van der Waals surface area contributed by atoms with Gasteiger partial charge in [0.1, 0.15) is 11.9 Å². The minimum atomic E-state index is -1.11. The average Bonchev–Trinajstić information content (AvgIpc) is 2.50. The molecular formula is C15H22N4O4. The number of rotatable bonds is 7. The predicted molar refractivity (Wildman–Crippen MR) is 85.4 cm³/mol. The van der Waals surface area contributed by atoms with E-state index in [1.807, 2.05) is 0 Å². The van der Waals surface area contributed by atoms with Crippen LogP contribution in [-0.4, -0.2) is 66.0 Å². The molecule has 1 rings (SSSR count). The first-order chi connectivity index (χ1) is 10.7. The average molecular weight is 322 g/mol. The molecule has 1 heterocycles. The van der Waals surface area contributed by atoms with Gasteiger partial charge in [-0.2, -0.15) is 0 Å². The van der Waals surface area contributed by atoms with Crippen molar-refractivity contribution in [2.24, 2.45) is 0 Å². The Morgan fingerprint density at radius 2 is 2.00 bits per heavy atom. The van der Waals surface area contributed by atoms with Crippen LogP contribution in [0.15, 0.2) is 18.3 Å². The number of carbonyl (C=O) groups excluding carboxylic acids is 2. The van der Waals surface area contributed by atoms with Gasteiger partial charge in [-0.1, -0.05) is 0 Å². The third-order valence-corrected chi connectivity index (χ3v) is 3.26. The molecule has 1 atom stereocenters. The maximum absolute atomic E-state index is 12.6. The Balaban J connectivity index is 3.00. The van der Waals surface area contributed by atoms with Crippen LogP contribution < -0.4 is 10.2 Å². The normalized spacial score (nSPS) is 11.5. The van der Waals surface area contributed by atoms with E-state index in [0.717, 1.165) is 0 Å². The standard InChI is InChI=1S/C15H22N4O4/c1-10(15(22)23)19(8-7-16-11(2)20)14(21)12-5-6-17-13(9-12)18(3)4/h5-6,9-10H,7-8H2,1-4H3,(H,16,20)(H,22,23). The molecular weight excluding hydrogens is 300 g/mol. The van der Waals surface area contributed by atoms with Crippen molar-refractivity contribution < 1.29 is 19.5 Å². The lowest BCUT2D eigenvalue weighted by molar-refractivity contribution is -0.141. The summed E-state index contributed by atoms with van der Waals surface area (Å²) in [5, 5.41) is 11.8. The van der Waals surface area contributed by atoms with Crippen LogP contribution in [0.2, 0.25) is 0 Å². The Morgan fingerprint density at radius 1 is 1.35 bits per heavy atom. The summed E-state index contributed by atoms with van der Waals surface area (Å²) in [5.74, 6) is -1.17. The molecule has 2 N–H and O–H groups in total. The maximum Gasteiger partial charge on any atom is 0.326 e. The Hall–Kier alpha value is -2.64. The van der Waals surface area contributed by atoms with Crippen molar-refractivity contribution in [2.45, 2.75) is 19.9 Å². The molecule has 8 heteroatoms. The molecule has 2 amide bonds. The van der Waals surface area contributed by atoms with E-state index in [-0.39, 0.29) is 19.0 Å². The third kappa shape index (κ3) is 5.24.